The first-order valence-corrected chi connectivity index (χ1v) is 11.1. The molecule has 0 bridgehead atoms. The van der Waals surface area contributed by atoms with Crippen LogP contribution in [-0.2, 0) is 4.74 Å². The second-order valence-electron chi connectivity index (χ2n) is 7.48. The van der Waals surface area contributed by atoms with Crippen LogP contribution < -0.4 is 20.1 Å². The number of fused-ring (bicyclic) bond motifs is 1. The molecule has 2 aromatic rings. The lowest BCUT2D eigenvalue weighted by molar-refractivity contribution is 0.0170. The average Bonchev–Trinajstić information content (AvgIpc) is 3.05. The molecule has 8 heteroatoms. The molecule has 0 saturated carbocycles. The van der Waals surface area contributed by atoms with Crippen LogP contribution in [0, 0.1) is 0 Å². The minimum atomic E-state index is 0.111. The zero-order chi connectivity index (χ0) is 21.5. The van der Waals surface area contributed by atoms with Crippen LogP contribution in [0.4, 0.5) is 5.69 Å². The van der Waals surface area contributed by atoms with Gasteiger partial charge >= 0.3 is 0 Å². The molecule has 1 saturated heterocycles. The Kier molecular flexibility index (Phi) is 7.51. The van der Waals surface area contributed by atoms with Gasteiger partial charge in [-0.05, 0) is 23.8 Å². The van der Waals surface area contributed by atoms with Crippen molar-refractivity contribution in [2.45, 2.75) is 12.5 Å². The van der Waals surface area contributed by atoms with Crippen molar-refractivity contribution in [3.63, 3.8) is 0 Å². The molecule has 166 valence electrons. The number of guanidine groups is 1. The molecule has 2 aliphatic heterocycles. The van der Waals surface area contributed by atoms with E-state index in [9.17, 15) is 0 Å². The first-order valence-electron chi connectivity index (χ1n) is 10.7. The van der Waals surface area contributed by atoms with Gasteiger partial charge in [0.05, 0.1) is 32.5 Å². The number of hydrogen-bond donors (Lipinski definition) is 2. The zero-order valence-corrected chi connectivity index (χ0v) is 18.5. The predicted molar refractivity (Wildman–Crippen MR) is 124 cm³/mol. The molecule has 0 spiro atoms. The number of morpholine rings is 1. The van der Waals surface area contributed by atoms with E-state index in [1.807, 2.05) is 36.4 Å². The summed E-state index contributed by atoms with van der Waals surface area (Å²) >= 11 is 6.54. The number of anilines is 1. The largest absolute Gasteiger partial charge is 0.490 e. The molecule has 1 fully saturated rings. The van der Waals surface area contributed by atoms with Crippen LogP contribution in [0.1, 0.15) is 18.0 Å². The molecule has 0 aromatic heterocycles. The van der Waals surface area contributed by atoms with Crippen LogP contribution in [0.15, 0.2) is 47.5 Å². The van der Waals surface area contributed by atoms with Crippen molar-refractivity contribution in [1.29, 1.82) is 0 Å². The lowest BCUT2D eigenvalue weighted by Gasteiger charge is -2.35. The Balaban J connectivity index is 1.45. The van der Waals surface area contributed by atoms with Crippen molar-refractivity contribution in [3.8, 4) is 11.5 Å². The topological polar surface area (TPSA) is 67.4 Å². The summed E-state index contributed by atoms with van der Waals surface area (Å²) in [6.45, 7) is 5.18. The SMILES string of the molecule is CN=C(NCC(c1ccccc1Cl)N1CCOCC1)Nc1ccc2c(c1)OCCCO2. The molecule has 1 atom stereocenters. The molecule has 2 aromatic carbocycles. The summed E-state index contributed by atoms with van der Waals surface area (Å²) in [5.41, 5.74) is 1.99. The Hall–Kier alpha value is -2.48. The van der Waals surface area contributed by atoms with Crippen LogP contribution in [0.2, 0.25) is 5.02 Å². The third-order valence-corrected chi connectivity index (χ3v) is 5.79. The quantitative estimate of drug-likeness (QED) is 0.543. The van der Waals surface area contributed by atoms with Crippen molar-refractivity contribution in [3.05, 3.63) is 53.1 Å². The summed E-state index contributed by atoms with van der Waals surface area (Å²) < 4.78 is 17.1. The number of rotatable bonds is 5. The third-order valence-electron chi connectivity index (χ3n) is 5.45. The lowest BCUT2D eigenvalue weighted by atomic mass is 10.0. The fourth-order valence-electron chi connectivity index (χ4n) is 3.82. The minimum absolute atomic E-state index is 0.111. The maximum absolute atomic E-state index is 6.54. The number of halogens is 1. The Labute approximate surface area is 188 Å². The van der Waals surface area contributed by atoms with E-state index in [4.69, 9.17) is 25.8 Å². The molecule has 0 amide bonds. The average molecular weight is 445 g/mol. The first-order chi connectivity index (χ1) is 15.2. The third kappa shape index (κ3) is 5.61. The molecule has 4 rings (SSSR count). The van der Waals surface area contributed by atoms with Gasteiger partial charge in [-0.3, -0.25) is 9.89 Å². The maximum Gasteiger partial charge on any atom is 0.195 e. The van der Waals surface area contributed by atoms with Gasteiger partial charge in [0.25, 0.3) is 0 Å². The number of ether oxygens (including phenoxy) is 3. The van der Waals surface area contributed by atoms with Crippen LogP contribution in [-0.4, -0.2) is 64.0 Å². The smallest absolute Gasteiger partial charge is 0.195 e. The lowest BCUT2D eigenvalue weighted by Crippen LogP contribution is -2.45. The summed E-state index contributed by atoms with van der Waals surface area (Å²) in [6, 6.07) is 14.0. The van der Waals surface area contributed by atoms with Gasteiger partial charge in [0.2, 0.25) is 0 Å². The van der Waals surface area contributed by atoms with Crippen molar-refractivity contribution in [2.24, 2.45) is 4.99 Å². The molecule has 7 nitrogen and oxygen atoms in total. The zero-order valence-electron chi connectivity index (χ0n) is 17.8. The highest BCUT2D eigenvalue weighted by molar-refractivity contribution is 6.31. The summed E-state index contributed by atoms with van der Waals surface area (Å²) in [7, 11) is 1.76. The predicted octanol–water partition coefficient (Wildman–Crippen LogP) is 3.56. The van der Waals surface area contributed by atoms with Crippen LogP contribution in [0.25, 0.3) is 0 Å². The van der Waals surface area contributed by atoms with E-state index < -0.39 is 0 Å². The van der Waals surface area contributed by atoms with E-state index in [-0.39, 0.29) is 6.04 Å². The molecular formula is C23H29ClN4O3. The van der Waals surface area contributed by atoms with E-state index in [1.54, 1.807) is 7.05 Å². The summed E-state index contributed by atoms with van der Waals surface area (Å²) in [5, 5.41) is 7.58. The van der Waals surface area contributed by atoms with Crippen LogP contribution in [0.3, 0.4) is 0 Å². The second kappa shape index (κ2) is 10.7. The van der Waals surface area contributed by atoms with Gasteiger partial charge in [-0.25, -0.2) is 0 Å². The molecule has 1 unspecified atom stereocenters. The summed E-state index contributed by atoms with van der Waals surface area (Å²) in [5.74, 6) is 2.21. The molecule has 0 aliphatic carbocycles. The fourth-order valence-corrected chi connectivity index (χ4v) is 4.08. The highest BCUT2D eigenvalue weighted by atomic mass is 35.5. The van der Waals surface area contributed by atoms with E-state index >= 15 is 0 Å². The number of nitrogens with one attached hydrogen (secondary N) is 2. The van der Waals surface area contributed by atoms with Crippen LogP contribution in [0.5, 0.6) is 11.5 Å². The Bertz CT molecular complexity index is 902. The van der Waals surface area contributed by atoms with E-state index in [2.05, 4.69) is 26.6 Å². The van der Waals surface area contributed by atoms with Gasteiger partial charge in [-0.2, -0.15) is 0 Å². The number of benzene rings is 2. The molecular weight excluding hydrogens is 416 g/mol. The van der Waals surface area contributed by atoms with Gasteiger partial charge < -0.3 is 24.8 Å². The van der Waals surface area contributed by atoms with Gasteiger partial charge in [0.15, 0.2) is 17.5 Å². The maximum atomic E-state index is 6.54. The number of hydrogen-bond acceptors (Lipinski definition) is 5. The van der Waals surface area contributed by atoms with Crippen molar-refractivity contribution in [1.82, 2.24) is 10.2 Å². The van der Waals surface area contributed by atoms with Gasteiger partial charge in [0, 0.05) is 49.9 Å². The standard InChI is InChI=1S/C23H29ClN4O3/c1-25-23(27-17-7-8-21-22(15-17)31-12-4-11-30-21)26-16-20(28-9-13-29-14-10-28)18-5-2-3-6-19(18)24/h2-3,5-8,15,20H,4,9-14,16H2,1H3,(H2,25,26,27). The van der Waals surface area contributed by atoms with Crippen molar-refractivity contribution in [2.75, 3.05) is 58.4 Å². The van der Waals surface area contributed by atoms with Gasteiger partial charge in [-0.1, -0.05) is 29.8 Å². The summed E-state index contributed by atoms with van der Waals surface area (Å²) in [4.78, 5) is 6.79. The highest BCUT2D eigenvalue weighted by Crippen LogP contribution is 2.32. The highest BCUT2D eigenvalue weighted by Gasteiger charge is 2.24. The number of nitrogens with zero attached hydrogens (tertiary/aromatic N) is 2. The molecule has 2 aliphatic rings. The van der Waals surface area contributed by atoms with Crippen molar-refractivity contribution >= 4 is 23.2 Å². The monoisotopic (exact) mass is 444 g/mol. The van der Waals surface area contributed by atoms with E-state index in [0.29, 0.717) is 25.7 Å². The molecule has 2 heterocycles. The van der Waals surface area contributed by atoms with E-state index in [0.717, 1.165) is 60.5 Å². The van der Waals surface area contributed by atoms with Crippen LogP contribution >= 0.6 is 11.6 Å². The normalized spacial score (nSPS) is 18.2. The fraction of sp³-hybridized carbons (Fsp3) is 0.435. The molecule has 2 N–H and O–H groups in total. The second-order valence-corrected chi connectivity index (χ2v) is 7.88. The molecule has 0 radical (unpaired) electrons. The number of aliphatic imine (C=N–C) groups is 1. The van der Waals surface area contributed by atoms with E-state index in [1.165, 1.54) is 0 Å². The molecule has 31 heavy (non-hydrogen) atoms. The Morgan fingerprint density at radius 1 is 1.06 bits per heavy atom. The minimum Gasteiger partial charge on any atom is -0.490 e. The van der Waals surface area contributed by atoms with Crippen molar-refractivity contribution < 1.29 is 14.2 Å². The first kappa shape index (κ1) is 21.7. The van der Waals surface area contributed by atoms with Gasteiger partial charge in [0.1, 0.15) is 0 Å². The summed E-state index contributed by atoms with van der Waals surface area (Å²) in [6.07, 6.45) is 0.881. The Morgan fingerprint density at radius 2 is 1.84 bits per heavy atom. The Morgan fingerprint density at radius 3 is 2.61 bits per heavy atom. The van der Waals surface area contributed by atoms with Gasteiger partial charge in [-0.15, -0.1) is 0 Å².